The largest absolute Gasteiger partial charge is 0.489 e. The smallest absolute Gasteiger partial charge is 0.408 e. The van der Waals surface area contributed by atoms with Crippen LogP contribution in [0.15, 0.2) is 24.4 Å². The topological polar surface area (TPSA) is 90.6 Å². The molecule has 0 aromatic carbocycles. The Morgan fingerprint density at radius 3 is 2.50 bits per heavy atom. The zero-order valence-corrected chi connectivity index (χ0v) is 21.9. The van der Waals surface area contributed by atoms with E-state index in [1.807, 2.05) is 59.9 Å². The lowest BCUT2D eigenvalue weighted by molar-refractivity contribution is 0.0407. The van der Waals surface area contributed by atoms with Gasteiger partial charge in [0, 0.05) is 5.56 Å². The highest BCUT2D eigenvalue weighted by Gasteiger charge is 2.31. The van der Waals surface area contributed by atoms with Gasteiger partial charge in [0.05, 0.1) is 28.8 Å². The summed E-state index contributed by atoms with van der Waals surface area (Å²) in [6.07, 6.45) is 2.09. The summed E-state index contributed by atoms with van der Waals surface area (Å²) in [5.74, 6) is 0.988. The van der Waals surface area contributed by atoms with Crippen molar-refractivity contribution in [2.24, 2.45) is 5.92 Å². The number of amides is 1. The number of ether oxygens (including phenoxy) is 2. The minimum atomic E-state index is -0.611. The summed E-state index contributed by atoms with van der Waals surface area (Å²) in [4.78, 5) is 21.7. The minimum absolute atomic E-state index is 0.275. The molecule has 9 heteroatoms. The number of imidazole rings is 1. The Morgan fingerprint density at radius 1 is 1.18 bits per heavy atom. The van der Waals surface area contributed by atoms with E-state index in [-0.39, 0.29) is 6.61 Å². The molecule has 8 nitrogen and oxygen atoms in total. The Bertz CT molecular complexity index is 1190. The molecule has 3 aromatic rings. The van der Waals surface area contributed by atoms with Gasteiger partial charge >= 0.3 is 6.09 Å². The molecular formula is C25H34ClN5O3. The lowest BCUT2D eigenvalue weighted by Crippen LogP contribution is -2.52. The van der Waals surface area contributed by atoms with Crippen molar-refractivity contribution in [3.05, 3.63) is 40.9 Å². The van der Waals surface area contributed by atoms with Crippen molar-refractivity contribution >= 4 is 23.3 Å². The van der Waals surface area contributed by atoms with Gasteiger partial charge in [0.1, 0.15) is 18.0 Å². The van der Waals surface area contributed by atoms with E-state index < -0.39 is 17.2 Å². The van der Waals surface area contributed by atoms with Crippen molar-refractivity contribution in [2.45, 2.75) is 73.0 Å². The van der Waals surface area contributed by atoms with E-state index in [4.69, 9.17) is 26.1 Å². The number of nitrogens with zero attached hydrogens (tertiary/aromatic N) is 4. The lowest BCUT2D eigenvalue weighted by atomic mass is 9.91. The fourth-order valence-electron chi connectivity index (χ4n) is 3.93. The number of nitrogens with one attached hydrogen (secondary N) is 1. The van der Waals surface area contributed by atoms with E-state index in [0.29, 0.717) is 22.5 Å². The summed E-state index contributed by atoms with van der Waals surface area (Å²) in [5, 5.41) is 7.63. The van der Waals surface area contributed by atoms with Gasteiger partial charge in [-0.05, 0) is 72.1 Å². The van der Waals surface area contributed by atoms with Gasteiger partial charge in [0.25, 0.3) is 0 Å². The van der Waals surface area contributed by atoms with Crippen LogP contribution in [-0.4, -0.2) is 43.4 Å². The first kappa shape index (κ1) is 25.7. The molecule has 0 aliphatic heterocycles. The molecule has 3 aromatic heterocycles. The van der Waals surface area contributed by atoms with Gasteiger partial charge in [0.2, 0.25) is 0 Å². The lowest BCUT2D eigenvalue weighted by Gasteiger charge is -2.33. The number of fused-ring (bicyclic) bond motifs is 1. The molecular weight excluding hydrogens is 454 g/mol. The maximum absolute atomic E-state index is 12.4. The van der Waals surface area contributed by atoms with Crippen LogP contribution in [-0.2, 0) is 4.74 Å². The van der Waals surface area contributed by atoms with Crippen molar-refractivity contribution in [3.8, 4) is 17.0 Å². The minimum Gasteiger partial charge on any atom is -0.489 e. The van der Waals surface area contributed by atoms with Gasteiger partial charge in [0.15, 0.2) is 10.8 Å². The zero-order valence-electron chi connectivity index (χ0n) is 21.2. The second kappa shape index (κ2) is 9.78. The van der Waals surface area contributed by atoms with Crippen LogP contribution >= 0.6 is 11.6 Å². The maximum atomic E-state index is 12.4. The second-order valence-corrected chi connectivity index (χ2v) is 10.8. The number of aryl methyl sites for hydroxylation is 2. The summed E-state index contributed by atoms with van der Waals surface area (Å²) < 4.78 is 13.3. The van der Waals surface area contributed by atoms with Crippen molar-refractivity contribution < 1.29 is 14.3 Å². The SMILES string of the molecule is Cc1cn2nc(Cl)cc(-c3ccc(OC[C@](C)(CC(C)C)NC(=O)OC(C)(C)C)c(C)n3)c2n1. The quantitative estimate of drug-likeness (QED) is 0.455. The molecule has 1 amide bonds. The van der Waals surface area contributed by atoms with Crippen LogP contribution in [0.2, 0.25) is 5.15 Å². The van der Waals surface area contributed by atoms with Gasteiger partial charge < -0.3 is 14.8 Å². The molecule has 3 heterocycles. The molecule has 0 spiro atoms. The maximum Gasteiger partial charge on any atom is 0.408 e. The number of hydrogen-bond acceptors (Lipinski definition) is 6. The third kappa shape index (κ3) is 6.59. The highest BCUT2D eigenvalue weighted by Crippen LogP contribution is 2.28. The normalized spacial score (nSPS) is 13.7. The third-order valence-corrected chi connectivity index (χ3v) is 5.22. The molecule has 0 saturated heterocycles. The summed E-state index contributed by atoms with van der Waals surface area (Å²) >= 11 is 6.22. The first-order valence-electron chi connectivity index (χ1n) is 11.4. The highest BCUT2D eigenvalue weighted by molar-refractivity contribution is 6.29. The fourth-order valence-corrected chi connectivity index (χ4v) is 4.12. The molecule has 0 bridgehead atoms. The molecule has 1 N–H and O–H groups in total. The highest BCUT2D eigenvalue weighted by atomic mass is 35.5. The molecule has 0 radical (unpaired) electrons. The number of carbonyl (C=O) groups is 1. The van der Waals surface area contributed by atoms with Crippen LogP contribution < -0.4 is 10.1 Å². The molecule has 184 valence electrons. The summed E-state index contributed by atoms with van der Waals surface area (Å²) in [5.41, 5.74) is 2.58. The number of carbonyl (C=O) groups excluding carboxylic acids is 1. The second-order valence-electron chi connectivity index (χ2n) is 10.4. The zero-order chi connectivity index (χ0) is 25.3. The number of hydrogen-bond donors (Lipinski definition) is 1. The van der Waals surface area contributed by atoms with Crippen LogP contribution in [0.25, 0.3) is 16.9 Å². The molecule has 0 saturated carbocycles. The van der Waals surface area contributed by atoms with Crippen molar-refractivity contribution in [2.75, 3.05) is 6.61 Å². The van der Waals surface area contributed by atoms with Crippen LogP contribution in [0, 0.1) is 19.8 Å². The predicted molar refractivity (Wildman–Crippen MR) is 133 cm³/mol. The first-order chi connectivity index (χ1) is 15.7. The fraction of sp³-hybridized carbons (Fsp3) is 0.520. The van der Waals surface area contributed by atoms with E-state index in [1.54, 1.807) is 10.6 Å². The summed E-state index contributed by atoms with van der Waals surface area (Å²) in [6.45, 7) is 15.8. The summed E-state index contributed by atoms with van der Waals surface area (Å²) in [7, 11) is 0. The Kier molecular flexibility index (Phi) is 7.41. The molecule has 0 aliphatic rings. The van der Waals surface area contributed by atoms with Crippen LogP contribution in [0.1, 0.15) is 59.4 Å². The van der Waals surface area contributed by atoms with Crippen molar-refractivity contribution in [3.63, 3.8) is 0 Å². The van der Waals surface area contributed by atoms with E-state index in [9.17, 15) is 4.79 Å². The average Bonchev–Trinajstić information content (AvgIpc) is 3.03. The number of rotatable bonds is 7. The van der Waals surface area contributed by atoms with Crippen LogP contribution in [0.3, 0.4) is 0 Å². The van der Waals surface area contributed by atoms with E-state index in [0.717, 1.165) is 29.1 Å². The van der Waals surface area contributed by atoms with Crippen molar-refractivity contribution in [1.29, 1.82) is 0 Å². The van der Waals surface area contributed by atoms with Crippen molar-refractivity contribution in [1.82, 2.24) is 24.9 Å². The predicted octanol–water partition coefficient (Wildman–Crippen LogP) is 5.77. The van der Waals surface area contributed by atoms with E-state index in [1.165, 1.54) is 0 Å². The molecule has 1 atom stereocenters. The molecule has 34 heavy (non-hydrogen) atoms. The Hall–Kier alpha value is -2.87. The number of pyridine rings is 1. The van der Waals surface area contributed by atoms with Gasteiger partial charge in [-0.1, -0.05) is 25.4 Å². The first-order valence-corrected chi connectivity index (χ1v) is 11.8. The number of alkyl carbamates (subject to hydrolysis) is 1. The summed E-state index contributed by atoms with van der Waals surface area (Å²) in [6, 6.07) is 5.51. The van der Waals surface area contributed by atoms with Gasteiger partial charge in [-0.2, -0.15) is 5.10 Å². The van der Waals surface area contributed by atoms with Gasteiger partial charge in [-0.25, -0.2) is 19.3 Å². The Labute approximate surface area is 206 Å². The monoisotopic (exact) mass is 487 g/mol. The standard InChI is InChI=1S/C25H34ClN5O3/c1-15(2)12-25(8,29-23(32)34-24(5,6)7)14-33-20-10-9-19(28-17(20)4)18-11-21(26)30-31-13-16(3)27-22(18)31/h9-11,13,15H,12,14H2,1-8H3,(H,29,32)/t25-/m0/s1. The average molecular weight is 488 g/mol. The molecule has 0 fully saturated rings. The van der Waals surface area contributed by atoms with Gasteiger partial charge in [-0.3, -0.25) is 0 Å². The number of halogens is 1. The molecule has 0 unspecified atom stereocenters. The Balaban J connectivity index is 1.81. The molecule has 3 rings (SSSR count). The molecule has 0 aliphatic carbocycles. The van der Waals surface area contributed by atoms with Crippen LogP contribution in [0.5, 0.6) is 5.75 Å². The third-order valence-electron chi connectivity index (χ3n) is 5.04. The van der Waals surface area contributed by atoms with E-state index in [2.05, 4.69) is 29.2 Å². The number of aromatic nitrogens is 4. The van der Waals surface area contributed by atoms with Crippen LogP contribution in [0.4, 0.5) is 4.79 Å². The van der Waals surface area contributed by atoms with E-state index >= 15 is 0 Å². The van der Waals surface area contributed by atoms with Gasteiger partial charge in [-0.15, -0.1) is 0 Å². The Morgan fingerprint density at radius 2 is 1.88 bits per heavy atom.